The van der Waals surface area contributed by atoms with E-state index in [0.29, 0.717) is 18.1 Å². The van der Waals surface area contributed by atoms with E-state index in [2.05, 4.69) is 18.8 Å². The van der Waals surface area contributed by atoms with E-state index in [1.165, 1.54) is 64.2 Å². The average molecular weight is 467 g/mol. The van der Waals surface area contributed by atoms with Crippen molar-refractivity contribution in [2.45, 2.75) is 90.1 Å². The van der Waals surface area contributed by atoms with E-state index >= 15 is 0 Å². The third-order valence-corrected chi connectivity index (χ3v) is 7.58. The van der Waals surface area contributed by atoms with Gasteiger partial charge in [0.2, 0.25) is 0 Å². The van der Waals surface area contributed by atoms with Gasteiger partial charge >= 0.3 is 6.18 Å². The van der Waals surface area contributed by atoms with Gasteiger partial charge in [0, 0.05) is 5.56 Å². The van der Waals surface area contributed by atoms with Crippen LogP contribution < -0.4 is 0 Å². The molecule has 0 amide bonds. The highest BCUT2D eigenvalue weighted by atomic mass is 19.4. The van der Waals surface area contributed by atoms with Crippen molar-refractivity contribution in [1.29, 1.82) is 0 Å². The molecule has 0 saturated heterocycles. The minimum Gasteiger partial charge on any atom is -0.206 e. The van der Waals surface area contributed by atoms with Crippen LogP contribution in [0.5, 0.6) is 0 Å². The van der Waals surface area contributed by atoms with E-state index in [-0.39, 0.29) is 5.56 Å². The van der Waals surface area contributed by atoms with Crippen molar-refractivity contribution >= 4 is 0 Å². The molecular formula is C28H35F5. The van der Waals surface area contributed by atoms with Gasteiger partial charge in [0.25, 0.3) is 0 Å². The minimum absolute atomic E-state index is 0.100. The Morgan fingerprint density at radius 1 is 0.879 bits per heavy atom. The number of rotatable bonds is 6. The van der Waals surface area contributed by atoms with Crippen LogP contribution in [0.15, 0.2) is 24.3 Å². The van der Waals surface area contributed by atoms with Gasteiger partial charge in [0.05, 0.1) is 0 Å². The molecule has 2 fully saturated rings. The van der Waals surface area contributed by atoms with Crippen LogP contribution in [0, 0.1) is 47.1 Å². The Hall–Kier alpha value is -1.83. The van der Waals surface area contributed by atoms with Crippen LogP contribution in [0.25, 0.3) is 0 Å². The molecule has 0 atom stereocenters. The largest absolute Gasteiger partial charge is 0.422 e. The van der Waals surface area contributed by atoms with Crippen molar-refractivity contribution in [3.63, 3.8) is 0 Å². The average Bonchev–Trinajstić information content (AvgIpc) is 2.76. The minimum atomic E-state index is -5.06. The second-order valence-electron chi connectivity index (χ2n) is 9.89. The Balaban J connectivity index is 1.43. The number of halogens is 5. The highest BCUT2D eigenvalue weighted by molar-refractivity contribution is 5.40. The molecule has 2 aliphatic carbocycles. The van der Waals surface area contributed by atoms with Crippen molar-refractivity contribution in [1.82, 2.24) is 0 Å². The van der Waals surface area contributed by atoms with Gasteiger partial charge in [0.15, 0.2) is 0 Å². The topological polar surface area (TPSA) is 0 Å². The van der Waals surface area contributed by atoms with Crippen LogP contribution in [-0.4, -0.2) is 0 Å². The molecular weight excluding hydrogens is 431 g/mol. The van der Waals surface area contributed by atoms with Crippen molar-refractivity contribution in [3.8, 4) is 11.8 Å². The number of benzene rings is 1. The predicted octanol–water partition coefficient (Wildman–Crippen LogP) is 9.08. The standard InChI is InChI=1S/C28H35F5/c1-2-3-4-7-20-10-14-23(15-11-20)24-16-12-21(13-17-24)8-5-6-9-22-18-25(29)27(26(30)19-22)28(31,32)33/h5,8,18-21,23-24H,2-4,7,10-17H2,1H3/t20-,21-,23-,24-. The number of unbranched alkanes of at least 4 members (excludes halogenated alkanes) is 2. The Morgan fingerprint density at radius 2 is 1.45 bits per heavy atom. The molecule has 0 spiro atoms. The second kappa shape index (κ2) is 12.0. The summed E-state index contributed by atoms with van der Waals surface area (Å²) in [6, 6.07) is 1.27. The summed E-state index contributed by atoms with van der Waals surface area (Å²) in [5.41, 5.74) is -1.97. The third kappa shape index (κ3) is 7.59. The second-order valence-corrected chi connectivity index (χ2v) is 9.89. The van der Waals surface area contributed by atoms with Gasteiger partial charge in [-0.25, -0.2) is 8.78 Å². The predicted molar refractivity (Wildman–Crippen MR) is 122 cm³/mol. The van der Waals surface area contributed by atoms with Crippen molar-refractivity contribution < 1.29 is 22.0 Å². The lowest BCUT2D eigenvalue weighted by molar-refractivity contribution is -0.142. The highest BCUT2D eigenvalue weighted by Crippen LogP contribution is 2.42. The van der Waals surface area contributed by atoms with Crippen molar-refractivity contribution in [3.05, 3.63) is 47.0 Å². The summed E-state index contributed by atoms with van der Waals surface area (Å²) in [6.45, 7) is 2.26. The molecule has 182 valence electrons. The van der Waals surface area contributed by atoms with Crippen LogP contribution in [0.2, 0.25) is 0 Å². The molecule has 2 saturated carbocycles. The molecule has 0 N–H and O–H groups in total. The number of hydrogen-bond acceptors (Lipinski definition) is 0. The van der Waals surface area contributed by atoms with E-state index in [9.17, 15) is 22.0 Å². The molecule has 0 unspecified atom stereocenters. The summed E-state index contributed by atoms with van der Waals surface area (Å²) >= 11 is 0. The zero-order chi connectivity index (χ0) is 23.8. The summed E-state index contributed by atoms with van der Waals surface area (Å²) in [6.07, 6.45) is 14.4. The van der Waals surface area contributed by atoms with Crippen LogP contribution in [0.1, 0.15) is 95.1 Å². The Kier molecular flexibility index (Phi) is 9.41. The lowest BCUT2D eigenvalue weighted by atomic mass is 9.68. The number of allylic oxidation sites excluding steroid dienone is 2. The molecule has 5 heteroatoms. The smallest absolute Gasteiger partial charge is 0.206 e. The van der Waals surface area contributed by atoms with Crippen molar-refractivity contribution in [2.75, 3.05) is 0 Å². The molecule has 0 radical (unpaired) electrons. The van der Waals surface area contributed by atoms with Crippen LogP contribution in [0.3, 0.4) is 0 Å². The van der Waals surface area contributed by atoms with Gasteiger partial charge in [-0.15, -0.1) is 0 Å². The van der Waals surface area contributed by atoms with E-state index in [0.717, 1.165) is 30.6 Å². The maximum Gasteiger partial charge on any atom is 0.422 e. The van der Waals surface area contributed by atoms with Gasteiger partial charge in [-0.1, -0.05) is 63.4 Å². The summed E-state index contributed by atoms with van der Waals surface area (Å²) in [5.74, 6) is 5.08. The highest BCUT2D eigenvalue weighted by Gasteiger charge is 2.37. The molecule has 0 nitrogen and oxygen atoms in total. The van der Waals surface area contributed by atoms with Gasteiger partial charge in [-0.2, -0.15) is 13.2 Å². The zero-order valence-electron chi connectivity index (χ0n) is 19.5. The van der Waals surface area contributed by atoms with Crippen LogP contribution in [-0.2, 0) is 6.18 Å². The van der Waals surface area contributed by atoms with Gasteiger partial charge in [-0.05, 0) is 80.4 Å². The Morgan fingerprint density at radius 3 is 2.00 bits per heavy atom. The molecule has 1 aromatic rings. The molecule has 33 heavy (non-hydrogen) atoms. The number of hydrogen-bond donors (Lipinski definition) is 0. The molecule has 3 rings (SSSR count). The fraction of sp³-hybridized carbons (Fsp3) is 0.643. The lowest BCUT2D eigenvalue weighted by Crippen LogP contribution is -2.25. The quantitative estimate of drug-likeness (QED) is 0.223. The van der Waals surface area contributed by atoms with E-state index in [4.69, 9.17) is 0 Å². The summed E-state index contributed by atoms with van der Waals surface area (Å²) in [5, 5.41) is 0. The Bertz CT molecular complexity index is 818. The fourth-order valence-electron chi connectivity index (χ4n) is 5.67. The normalized spacial score (nSPS) is 26.2. The monoisotopic (exact) mass is 466 g/mol. The van der Waals surface area contributed by atoms with Crippen LogP contribution >= 0.6 is 0 Å². The summed E-state index contributed by atoms with van der Waals surface area (Å²) in [7, 11) is 0. The molecule has 0 bridgehead atoms. The van der Waals surface area contributed by atoms with Crippen LogP contribution in [0.4, 0.5) is 22.0 Å². The zero-order valence-corrected chi connectivity index (χ0v) is 19.5. The molecule has 2 aliphatic rings. The first kappa shape index (κ1) is 25.8. The molecule has 0 aromatic heterocycles. The van der Waals surface area contributed by atoms with E-state index in [1.807, 2.05) is 6.08 Å². The molecule has 0 heterocycles. The maximum absolute atomic E-state index is 13.6. The Labute approximate surface area is 195 Å². The lowest BCUT2D eigenvalue weighted by Gasteiger charge is -2.37. The SMILES string of the molecule is CCCCC[C@H]1CC[C@H]([C@H]2CC[C@H](C=CC#Cc3cc(F)c(C(F)(F)F)c(F)c3)CC2)CC1. The van der Waals surface area contributed by atoms with E-state index < -0.39 is 23.4 Å². The van der Waals surface area contributed by atoms with Gasteiger partial charge < -0.3 is 0 Å². The van der Waals surface area contributed by atoms with Crippen molar-refractivity contribution in [2.24, 2.45) is 23.7 Å². The van der Waals surface area contributed by atoms with Gasteiger partial charge in [-0.3, -0.25) is 0 Å². The first-order valence-corrected chi connectivity index (χ1v) is 12.5. The molecule has 0 aliphatic heterocycles. The fourth-order valence-corrected chi connectivity index (χ4v) is 5.67. The summed E-state index contributed by atoms with van der Waals surface area (Å²) < 4.78 is 65.2. The van der Waals surface area contributed by atoms with Gasteiger partial charge in [0.1, 0.15) is 17.2 Å². The first-order chi connectivity index (χ1) is 15.8. The third-order valence-electron chi connectivity index (χ3n) is 7.58. The molecule has 1 aromatic carbocycles. The number of alkyl halides is 3. The maximum atomic E-state index is 13.6. The van der Waals surface area contributed by atoms with E-state index in [1.54, 1.807) is 6.08 Å². The summed E-state index contributed by atoms with van der Waals surface area (Å²) in [4.78, 5) is 0. The first-order valence-electron chi connectivity index (χ1n) is 12.5.